The molecule has 1 N–H and O–H groups in total. The lowest BCUT2D eigenvalue weighted by Gasteiger charge is -2.33. The van der Waals surface area contributed by atoms with E-state index >= 15 is 0 Å². The normalized spacial score (nSPS) is 30.4. The minimum Gasteiger partial charge on any atom is -0.295 e. The maximum Gasteiger partial charge on any atom is 0.403 e. The lowest BCUT2D eigenvalue weighted by atomic mass is 9.98. The first-order valence-corrected chi connectivity index (χ1v) is 4.11. The molecule has 0 aromatic heterocycles. The van der Waals surface area contributed by atoms with Crippen molar-refractivity contribution < 1.29 is 26.3 Å². The highest BCUT2D eigenvalue weighted by Crippen LogP contribution is 2.33. The molecular weight excluding hydrogens is 212 g/mol. The smallest absolute Gasteiger partial charge is 0.295 e. The van der Waals surface area contributed by atoms with E-state index in [1.54, 1.807) is 5.32 Å². The van der Waals surface area contributed by atoms with Crippen LogP contribution >= 0.6 is 0 Å². The van der Waals surface area contributed by atoms with Crippen LogP contribution in [0.4, 0.5) is 26.3 Å². The molecular formula is C7H9F6N. The predicted molar refractivity (Wildman–Crippen MR) is 36.7 cm³/mol. The molecule has 0 spiro atoms. The summed E-state index contributed by atoms with van der Waals surface area (Å²) in [7, 11) is 0. The van der Waals surface area contributed by atoms with Gasteiger partial charge in [-0.2, -0.15) is 26.3 Å². The molecule has 0 bridgehead atoms. The van der Waals surface area contributed by atoms with Crippen molar-refractivity contribution in [2.45, 2.75) is 43.7 Å². The highest BCUT2D eigenvalue weighted by atomic mass is 19.4. The molecule has 1 rings (SSSR count). The van der Waals surface area contributed by atoms with Crippen molar-refractivity contribution in [1.29, 1.82) is 0 Å². The molecule has 1 nitrogen and oxygen atoms in total. The molecule has 0 aromatic carbocycles. The van der Waals surface area contributed by atoms with Crippen LogP contribution in [0, 0.1) is 0 Å². The minimum absolute atomic E-state index is 0.0542. The fourth-order valence-electron chi connectivity index (χ4n) is 1.45. The van der Waals surface area contributed by atoms with E-state index in [-0.39, 0.29) is 19.3 Å². The second kappa shape index (κ2) is 3.60. The van der Waals surface area contributed by atoms with E-state index in [9.17, 15) is 26.3 Å². The van der Waals surface area contributed by atoms with Crippen LogP contribution in [-0.2, 0) is 0 Å². The highest BCUT2D eigenvalue weighted by molar-refractivity contribution is 4.88. The van der Waals surface area contributed by atoms with E-state index in [4.69, 9.17) is 0 Å². The molecule has 0 aromatic rings. The maximum atomic E-state index is 12.1. The van der Waals surface area contributed by atoms with Crippen molar-refractivity contribution >= 4 is 0 Å². The van der Waals surface area contributed by atoms with Gasteiger partial charge in [-0.1, -0.05) is 0 Å². The van der Waals surface area contributed by atoms with Crippen LogP contribution in [0.1, 0.15) is 19.3 Å². The number of halogens is 6. The van der Waals surface area contributed by atoms with Gasteiger partial charge >= 0.3 is 12.4 Å². The Morgan fingerprint density at radius 1 is 0.786 bits per heavy atom. The van der Waals surface area contributed by atoms with E-state index in [1.165, 1.54) is 0 Å². The number of alkyl halides is 6. The molecule has 1 aliphatic heterocycles. The number of piperidine rings is 1. The molecule has 1 saturated heterocycles. The zero-order valence-corrected chi connectivity index (χ0v) is 7.04. The summed E-state index contributed by atoms with van der Waals surface area (Å²) in [5.74, 6) is 0. The minimum atomic E-state index is -4.59. The standard InChI is InChI=1S/C7H9F6N/c8-6(9,10)4-2-1-3-5(14-4)7(11,12)13/h4-5,14H,1-3H2/t4-,5+. The summed E-state index contributed by atoms with van der Waals surface area (Å²) in [4.78, 5) is 0. The van der Waals surface area contributed by atoms with Gasteiger partial charge in [0.05, 0.1) is 0 Å². The maximum absolute atomic E-state index is 12.1. The first-order valence-electron chi connectivity index (χ1n) is 4.11. The average molecular weight is 221 g/mol. The molecule has 0 aliphatic carbocycles. The van der Waals surface area contributed by atoms with Crippen molar-refractivity contribution in [3.8, 4) is 0 Å². The van der Waals surface area contributed by atoms with Crippen molar-refractivity contribution in [3.05, 3.63) is 0 Å². The summed E-state index contributed by atoms with van der Waals surface area (Å²) in [5, 5.41) is 1.58. The Morgan fingerprint density at radius 3 is 1.43 bits per heavy atom. The summed E-state index contributed by atoms with van der Waals surface area (Å²) >= 11 is 0. The number of hydrogen-bond acceptors (Lipinski definition) is 1. The molecule has 1 fully saturated rings. The second-order valence-corrected chi connectivity index (χ2v) is 3.29. The van der Waals surface area contributed by atoms with Crippen molar-refractivity contribution in [3.63, 3.8) is 0 Å². The predicted octanol–water partition coefficient (Wildman–Crippen LogP) is 2.62. The summed E-state index contributed by atoms with van der Waals surface area (Å²) in [6.07, 6.45) is -9.80. The van der Waals surface area contributed by atoms with Gasteiger partial charge in [0.15, 0.2) is 0 Å². The van der Waals surface area contributed by atoms with Crippen molar-refractivity contribution in [2.24, 2.45) is 0 Å². The second-order valence-electron chi connectivity index (χ2n) is 3.29. The van der Waals surface area contributed by atoms with Gasteiger partial charge in [-0.3, -0.25) is 5.32 Å². The van der Waals surface area contributed by atoms with Gasteiger partial charge in [-0.05, 0) is 19.3 Å². The summed E-state index contributed by atoms with van der Waals surface area (Å²) in [6, 6.07) is -4.05. The molecule has 0 unspecified atom stereocenters. The molecule has 84 valence electrons. The van der Waals surface area contributed by atoms with Crippen molar-refractivity contribution in [1.82, 2.24) is 5.32 Å². The third kappa shape index (κ3) is 2.76. The summed E-state index contributed by atoms with van der Waals surface area (Å²) in [6.45, 7) is 0. The molecule has 2 atom stereocenters. The van der Waals surface area contributed by atoms with Crippen LogP contribution in [0.5, 0.6) is 0 Å². The van der Waals surface area contributed by atoms with Crippen LogP contribution in [0.15, 0.2) is 0 Å². The highest BCUT2D eigenvalue weighted by Gasteiger charge is 2.48. The number of rotatable bonds is 0. The van der Waals surface area contributed by atoms with Crippen molar-refractivity contribution in [2.75, 3.05) is 0 Å². The van der Waals surface area contributed by atoms with Crippen LogP contribution in [0.2, 0.25) is 0 Å². The van der Waals surface area contributed by atoms with Gasteiger partial charge in [0, 0.05) is 0 Å². The molecule has 14 heavy (non-hydrogen) atoms. The third-order valence-corrected chi connectivity index (χ3v) is 2.18. The largest absolute Gasteiger partial charge is 0.403 e. The van der Waals surface area contributed by atoms with Gasteiger partial charge in [0.2, 0.25) is 0 Å². The Kier molecular flexibility index (Phi) is 2.99. The Morgan fingerprint density at radius 2 is 1.14 bits per heavy atom. The van der Waals surface area contributed by atoms with Gasteiger partial charge in [0.1, 0.15) is 12.1 Å². The van der Waals surface area contributed by atoms with E-state index in [2.05, 4.69) is 0 Å². The van der Waals surface area contributed by atoms with E-state index in [0.717, 1.165) is 0 Å². The van der Waals surface area contributed by atoms with Gasteiger partial charge in [0.25, 0.3) is 0 Å². The SMILES string of the molecule is FC(F)(F)[C@@H]1CCC[C@H](C(F)(F)F)N1. The fourth-order valence-corrected chi connectivity index (χ4v) is 1.45. The summed E-state index contributed by atoms with van der Waals surface area (Å²) < 4.78 is 72.4. The molecule has 0 saturated carbocycles. The van der Waals surface area contributed by atoms with Gasteiger partial charge < -0.3 is 0 Å². The molecule has 1 aliphatic rings. The van der Waals surface area contributed by atoms with Crippen LogP contribution < -0.4 is 5.32 Å². The first-order chi connectivity index (χ1) is 6.21. The van der Waals surface area contributed by atoms with E-state index in [0.29, 0.717) is 0 Å². The molecule has 7 heteroatoms. The quantitative estimate of drug-likeness (QED) is 0.620. The van der Waals surface area contributed by atoms with Gasteiger partial charge in [-0.15, -0.1) is 0 Å². The van der Waals surface area contributed by atoms with E-state index in [1.807, 2.05) is 0 Å². The topological polar surface area (TPSA) is 12.0 Å². The average Bonchev–Trinajstić information content (AvgIpc) is 2.01. The van der Waals surface area contributed by atoms with Crippen LogP contribution in [0.3, 0.4) is 0 Å². The molecule has 0 radical (unpaired) electrons. The Labute approximate surface area is 76.5 Å². The lowest BCUT2D eigenvalue weighted by molar-refractivity contribution is -0.197. The van der Waals surface area contributed by atoms with Crippen LogP contribution in [-0.4, -0.2) is 24.4 Å². The number of hydrogen-bond donors (Lipinski definition) is 1. The molecule has 0 amide bonds. The Balaban J connectivity index is 2.61. The molecule has 1 heterocycles. The first kappa shape index (κ1) is 11.6. The monoisotopic (exact) mass is 221 g/mol. The third-order valence-electron chi connectivity index (χ3n) is 2.18. The number of nitrogens with one attached hydrogen (secondary N) is 1. The Bertz CT molecular complexity index is 175. The van der Waals surface area contributed by atoms with E-state index < -0.39 is 24.4 Å². The van der Waals surface area contributed by atoms with Gasteiger partial charge in [-0.25, -0.2) is 0 Å². The fraction of sp³-hybridized carbons (Fsp3) is 1.00. The lowest BCUT2D eigenvalue weighted by Crippen LogP contribution is -2.55. The Hall–Kier alpha value is -0.460. The zero-order chi connectivity index (χ0) is 11.0. The van der Waals surface area contributed by atoms with Crippen LogP contribution in [0.25, 0.3) is 0 Å². The summed E-state index contributed by atoms with van der Waals surface area (Å²) in [5.41, 5.74) is 0. The zero-order valence-electron chi connectivity index (χ0n) is 7.04.